The number of aryl methyl sites for hydroxylation is 1. The average molecular weight is 485 g/mol. The van der Waals surface area contributed by atoms with Crippen molar-refractivity contribution in [2.75, 3.05) is 20.2 Å². The van der Waals surface area contributed by atoms with Crippen molar-refractivity contribution in [1.82, 2.24) is 14.9 Å². The van der Waals surface area contributed by atoms with Crippen molar-refractivity contribution in [3.8, 4) is 5.75 Å². The number of aromatic nitrogens is 1. The Hall–Kier alpha value is -3.12. The SMILES string of the molecule is COc1ccc(/C=N\NC(=O)CN2CCn3c4c(c5cc(C6CCCCC6)ccc53)CCC[C@H]42)cc1. The van der Waals surface area contributed by atoms with Crippen LogP contribution in [-0.2, 0) is 17.8 Å². The topological polar surface area (TPSA) is 58.9 Å². The molecule has 188 valence electrons. The first-order valence-corrected chi connectivity index (χ1v) is 13.6. The van der Waals surface area contributed by atoms with Gasteiger partial charge in [0.15, 0.2) is 0 Å². The molecule has 1 saturated carbocycles. The van der Waals surface area contributed by atoms with E-state index < -0.39 is 0 Å². The monoisotopic (exact) mass is 484 g/mol. The van der Waals surface area contributed by atoms with E-state index >= 15 is 0 Å². The molecule has 6 nitrogen and oxygen atoms in total. The number of nitrogens with zero attached hydrogens (tertiary/aromatic N) is 3. The van der Waals surface area contributed by atoms with Crippen LogP contribution in [0.15, 0.2) is 47.6 Å². The van der Waals surface area contributed by atoms with Crippen LogP contribution in [0.1, 0.15) is 79.3 Å². The second kappa shape index (κ2) is 10.1. The number of methoxy groups -OCH3 is 1. The molecule has 2 aromatic carbocycles. The van der Waals surface area contributed by atoms with Crippen molar-refractivity contribution in [2.45, 2.75) is 69.9 Å². The zero-order valence-electron chi connectivity index (χ0n) is 21.2. The maximum absolute atomic E-state index is 12.8. The van der Waals surface area contributed by atoms with Crippen LogP contribution in [-0.4, -0.2) is 41.8 Å². The molecule has 1 aromatic heterocycles. The van der Waals surface area contributed by atoms with Crippen molar-refractivity contribution < 1.29 is 9.53 Å². The van der Waals surface area contributed by atoms with Gasteiger partial charge >= 0.3 is 0 Å². The fraction of sp³-hybridized carbons (Fsp3) is 0.467. The molecule has 0 spiro atoms. The van der Waals surface area contributed by atoms with E-state index in [2.05, 4.69) is 38.2 Å². The predicted octanol–water partition coefficient (Wildman–Crippen LogP) is 5.54. The molecule has 1 atom stereocenters. The molecule has 3 aromatic rings. The van der Waals surface area contributed by atoms with Crippen LogP contribution in [0.2, 0.25) is 0 Å². The lowest BCUT2D eigenvalue weighted by Crippen LogP contribution is -2.44. The zero-order valence-corrected chi connectivity index (χ0v) is 21.2. The van der Waals surface area contributed by atoms with Gasteiger partial charge in [-0.3, -0.25) is 9.69 Å². The molecule has 6 rings (SSSR count). The number of ether oxygens (including phenoxy) is 1. The average Bonchev–Trinajstić information content (AvgIpc) is 3.25. The molecular formula is C30H36N4O2. The minimum absolute atomic E-state index is 0.0592. The third-order valence-electron chi connectivity index (χ3n) is 8.45. The lowest BCUT2D eigenvalue weighted by molar-refractivity contribution is -0.123. The fourth-order valence-electron chi connectivity index (χ4n) is 6.66. The van der Waals surface area contributed by atoms with E-state index in [-0.39, 0.29) is 5.91 Å². The highest BCUT2D eigenvalue weighted by Gasteiger charge is 2.35. The molecular weight excluding hydrogens is 448 g/mol. The van der Waals surface area contributed by atoms with Crippen molar-refractivity contribution >= 4 is 23.0 Å². The molecule has 2 heterocycles. The molecule has 6 heteroatoms. The Morgan fingerprint density at radius 1 is 1.06 bits per heavy atom. The van der Waals surface area contributed by atoms with Gasteiger partial charge in [0, 0.05) is 29.7 Å². The van der Waals surface area contributed by atoms with Gasteiger partial charge in [0.05, 0.1) is 25.9 Å². The summed E-state index contributed by atoms with van der Waals surface area (Å²) in [6, 6.07) is 15.2. The van der Waals surface area contributed by atoms with Crippen LogP contribution in [0.3, 0.4) is 0 Å². The lowest BCUT2D eigenvalue weighted by Gasteiger charge is -2.39. The maximum Gasteiger partial charge on any atom is 0.254 e. The van der Waals surface area contributed by atoms with E-state index in [1.165, 1.54) is 66.2 Å². The number of amides is 1. The van der Waals surface area contributed by atoms with Gasteiger partial charge < -0.3 is 9.30 Å². The Morgan fingerprint density at radius 2 is 1.89 bits per heavy atom. The van der Waals surface area contributed by atoms with Crippen LogP contribution < -0.4 is 10.2 Å². The standard InChI is InChI=1S/C30H36N4O2/c1-36-24-13-10-21(11-14-24)19-31-32-29(35)20-33-16-17-34-27-15-12-23(22-6-3-2-4-7-22)18-26(27)25-8-5-9-28(33)30(25)34/h10-15,18-19,22,28H,2-9,16-17,20H2,1H3,(H,32,35)/b31-19-/t28-/m1/s1. The molecule has 36 heavy (non-hydrogen) atoms. The van der Waals surface area contributed by atoms with Crippen molar-refractivity contribution in [2.24, 2.45) is 5.10 Å². The van der Waals surface area contributed by atoms with Gasteiger partial charge in [0.1, 0.15) is 5.75 Å². The van der Waals surface area contributed by atoms with Crippen LogP contribution in [0.4, 0.5) is 0 Å². The molecule has 0 radical (unpaired) electrons. The van der Waals surface area contributed by atoms with E-state index in [1.807, 2.05) is 24.3 Å². The van der Waals surface area contributed by atoms with E-state index in [4.69, 9.17) is 4.74 Å². The summed E-state index contributed by atoms with van der Waals surface area (Å²) >= 11 is 0. The summed E-state index contributed by atoms with van der Waals surface area (Å²) in [5.41, 5.74) is 9.56. The summed E-state index contributed by atoms with van der Waals surface area (Å²) in [5.74, 6) is 1.47. The van der Waals surface area contributed by atoms with Gasteiger partial charge in [-0.1, -0.05) is 25.3 Å². The summed E-state index contributed by atoms with van der Waals surface area (Å²) in [5, 5.41) is 5.65. The van der Waals surface area contributed by atoms with Gasteiger partial charge in [-0.25, -0.2) is 5.43 Å². The van der Waals surface area contributed by atoms with E-state index in [9.17, 15) is 4.79 Å². The molecule has 2 aliphatic carbocycles. The summed E-state index contributed by atoms with van der Waals surface area (Å²) in [7, 11) is 1.65. The molecule has 1 fully saturated rings. The second-order valence-electron chi connectivity index (χ2n) is 10.6. The Bertz CT molecular complexity index is 1270. The van der Waals surface area contributed by atoms with Crippen molar-refractivity contribution in [3.05, 3.63) is 64.8 Å². The number of benzene rings is 2. The Morgan fingerprint density at radius 3 is 2.69 bits per heavy atom. The number of fused-ring (bicyclic) bond motifs is 3. The van der Waals surface area contributed by atoms with Gasteiger partial charge in [-0.05, 0) is 91.1 Å². The molecule has 1 aliphatic heterocycles. The van der Waals surface area contributed by atoms with Gasteiger partial charge in [0.2, 0.25) is 0 Å². The number of nitrogens with one attached hydrogen (secondary N) is 1. The molecule has 1 N–H and O–H groups in total. The third-order valence-corrected chi connectivity index (χ3v) is 8.45. The summed E-state index contributed by atoms with van der Waals surface area (Å²) in [4.78, 5) is 15.1. The van der Waals surface area contributed by atoms with Crippen LogP contribution >= 0.6 is 0 Å². The molecule has 0 saturated heterocycles. The number of carbonyl (C=O) groups is 1. The third kappa shape index (κ3) is 4.43. The lowest BCUT2D eigenvalue weighted by atomic mass is 9.83. The quantitative estimate of drug-likeness (QED) is 0.369. The smallest absolute Gasteiger partial charge is 0.254 e. The van der Waals surface area contributed by atoms with Gasteiger partial charge in [-0.2, -0.15) is 5.10 Å². The predicted molar refractivity (Wildman–Crippen MR) is 144 cm³/mol. The van der Waals surface area contributed by atoms with Crippen molar-refractivity contribution in [1.29, 1.82) is 0 Å². The van der Waals surface area contributed by atoms with Gasteiger partial charge in [-0.15, -0.1) is 0 Å². The normalized spacial score (nSPS) is 20.5. The molecule has 3 aliphatic rings. The largest absolute Gasteiger partial charge is 0.497 e. The Labute approximate surface area is 213 Å². The number of hydrazone groups is 1. The van der Waals surface area contributed by atoms with E-state index in [0.29, 0.717) is 12.6 Å². The number of hydrogen-bond acceptors (Lipinski definition) is 4. The first-order chi connectivity index (χ1) is 17.7. The maximum atomic E-state index is 12.8. The molecule has 1 amide bonds. The minimum atomic E-state index is -0.0592. The number of hydrogen-bond donors (Lipinski definition) is 1. The number of rotatable bonds is 6. The summed E-state index contributed by atoms with van der Waals surface area (Å²) in [6.45, 7) is 2.20. The Kier molecular flexibility index (Phi) is 6.53. The second-order valence-corrected chi connectivity index (χ2v) is 10.6. The van der Waals surface area contributed by atoms with Crippen LogP contribution in [0, 0.1) is 0 Å². The number of carbonyl (C=O) groups excluding carboxylic acids is 1. The van der Waals surface area contributed by atoms with Crippen molar-refractivity contribution in [3.63, 3.8) is 0 Å². The highest BCUT2D eigenvalue weighted by Crippen LogP contribution is 2.44. The fourth-order valence-corrected chi connectivity index (χ4v) is 6.66. The van der Waals surface area contributed by atoms with Crippen LogP contribution in [0.5, 0.6) is 5.75 Å². The highest BCUT2D eigenvalue weighted by molar-refractivity contribution is 5.87. The molecule has 0 bridgehead atoms. The first kappa shape index (κ1) is 23.3. The van der Waals surface area contributed by atoms with Crippen LogP contribution in [0.25, 0.3) is 10.9 Å². The zero-order chi connectivity index (χ0) is 24.5. The van der Waals surface area contributed by atoms with Gasteiger partial charge in [0.25, 0.3) is 5.91 Å². The summed E-state index contributed by atoms with van der Waals surface area (Å²) < 4.78 is 7.74. The first-order valence-electron chi connectivity index (χ1n) is 13.6. The summed E-state index contributed by atoms with van der Waals surface area (Å²) in [6.07, 6.45) is 11.9. The highest BCUT2D eigenvalue weighted by atomic mass is 16.5. The van der Waals surface area contributed by atoms with E-state index in [0.717, 1.165) is 43.2 Å². The van der Waals surface area contributed by atoms with E-state index in [1.54, 1.807) is 13.3 Å². The minimum Gasteiger partial charge on any atom is -0.497 e. The molecule has 0 unspecified atom stereocenters. The Balaban J connectivity index is 1.18.